The van der Waals surface area contributed by atoms with Crippen molar-refractivity contribution in [3.63, 3.8) is 0 Å². The zero-order chi connectivity index (χ0) is 22.5. The van der Waals surface area contributed by atoms with Crippen LogP contribution in [0.1, 0.15) is 40.1 Å². The molecule has 4 rings (SSSR count). The Bertz CT molecular complexity index is 1220. The number of hydrogen-bond donors (Lipinski definition) is 1. The molecule has 0 bridgehead atoms. The standard InChI is InChI=1S/C23H25N5O3S/c1-31-12-9-25-21(29)19-13-18-20(32-19)22(30)28(15-17-8-4-3-7-16(17)14-24)23(26-18)27-10-5-2-6-11-27/h3-4,7-8,13H,2,5-6,9-12,15H2,1H3,(H,25,29). The van der Waals surface area contributed by atoms with Crippen LogP contribution < -0.4 is 15.8 Å². The lowest BCUT2D eigenvalue weighted by Gasteiger charge is -2.29. The van der Waals surface area contributed by atoms with Gasteiger partial charge in [0.05, 0.1) is 35.2 Å². The predicted octanol–water partition coefficient (Wildman–Crippen LogP) is 2.74. The molecule has 166 valence electrons. The van der Waals surface area contributed by atoms with Gasteiger partial charge in [-0.15, -0.1) is 11.3 Å². The van der Waals surface area contributed by atoms with Gasteiger partial charge in [-0.25, -0.2) is 4.98 Å². The maximum atomic E-state index is 13.6. The van der Waals surface area contributed by atoms with E-state index in [0.29, 0.717) is 39.8 Å². The van der Waals surface area contributed by atoms with Crippen LogP contribution in [-0.4, -0.2) is 48.8 Å². The van der Waals surface area contributed by atoms with Gasteiger partial charge in [0.2, 0.25) is 5.95 Å². The summed E-state index contributed by atoms with van der Waals surface area (Å²) in [6, 6.07) is 11.2. The van der Waals surface area contributed by atoms with E-state index in [1.807, 2.05) is 18.2 Å². The smallest absolute Gasteiger partial charge is 0.273 e. The van der Waals surface area contributed by atoms with Gasteiger partial charge < -0.3 is 15.0 Å². The Balaban J connectivity index is 1.79. The van der Waals surface area contributed by atoms with Crippen LogP contribution in [0.3, 0.4) is 0 Å². The first-order valence-corrected chi connectivity index (χ1v) is 11.5. The van der Waals surface area contributed by atoms with E-state index >= 15 is 0 Å². The average Bonchev–Trinajstić information content (AvgIpc) is 3.26. The molecule has 1 aromatic carbocycles. The Morgan fingerprint density at radius 2 is 2.06 bits per heavy atom. The van der Waals surface area contributed by atoms with Crippen molar-refractivity contribution in [2.45, 2.75) is 25.8 Å². The molecule has 1 fully saturated rings. The molecule has 8 nitrogen and oxygen atoms in total. The lowest BCUT2D eigenvalue weighted by atomic mass is 10.1. The van der Waals surface area contributed by atoms with E-state index in [9.17, 15) is 14.9 Å². The van der Waals surface area contributed by atoms with Gasteiger partial charge in [-0.3, -0.25) is 14.2 Å². The highest BCUT2D eigenvalue weighted by Crippen LogP contribution is 2.26. The molecular weight excluding hydrogens is 426 g/mol. The number of carbonyl (C=O) groups is 1. The Labute approximate surface area is 190 Å². The van der Waals surface area contributed by atoms with Gasteiger partial charge >= 0.3 is 0 Å². The lowest BCUT2D eigenvalue weighted by molar-refractivity contribution is 0.0941. The highest BCUT2D eigenvalue weighted by atomic mass is 32.1. The van der Waals surface area contributed by atoms with Crippen LogP contribution in [0.2, 0.25) is 0 Å². The summed E-state index contributed by atoms with van der Waals surface area (Å²) in [6.45, 7) is 2.72. The summed E-state index contributed by atoms with van der Waals surface area (Å²) in [5.74, 6) is 0.351. The average molecular weight is 452 g/mol. The van der Waals surface area contributed by atoms with Crippen LogP contribution in [0.25, 0.3) is 10.2 Å². The minimum atomic E-state index is -0.245. The predicted molar refractivity (Wildman–Crippen MR) is 124 cm³/mol. The van der Waals surface area contributed by atoms with Gasteiger partial charge in [0.15, 0.2) is 0 Å². The van der Waals surface area contributed by atoms with Gasteiger partial charge in [0, 0.05) is 26.7 Å². The molecule has 0 radical (unpaired) electrons. The zero-order valence-corrected chi connectivity index (χ0v) is 18.8. The summed E-state index contributed by atoms with van der Waals surface area (Å²) in [5, 5.41) is 12.3. The SMILES string of the molecule is COCCNC(=O)c1cc2nc(N3CCCCC3)n(Cc3ccccc3C#N)c(=O)c2s1. The fourth-order valence-electron chi connectivity index (χ4n) is 3.88. The van der Waals surface area contributed by atoms with Crippen molar-refractivity contribution in [3.05, 3.63) is 56.7 Å². The molecule has 0 atom stereocenters. The number of piperidine rings is 1. The van der Waals surface area contributed by atoms with E-state index in [4.69, 9.17) is 9.72 Å². The van der Waals surface area contributed by atoms with Crippen LogP contribution >= 0.6 is 11.3 Å². The van der Waals surface area contributed by atoms with E-state index < -0.39 is 0 Å². The summed E-state index contributed by atoms with van der Waals surface area (Å²) in [4.78, 5) is 33.5. The fraction of sp³-hybridized carbons (Fsp3) is 0.391. The highest BCUT2D eigenvalue weighted by molar-refractivity contribution is 7.20. The highest BCUT2D eigenvalue weighted by Gasteiger charge is 2.22. The summed E-state index contributed by atoms with van der Waals surface area (Å²) in [5.41, 5.74) is 1.64. The van der Waals surface area contributed by atoms with Crippen molar-refractivity contribution in [2.75, 3.05) is 38.3 Å². The first kappa shape index (κ1) is 22.0. The van der Waals surface area contributed by atoms with Crippen molar-refractivity contribution >= 4 is 33.4 Å². The molecule has 32 heavy (non-hydrogen) atoms. The first-order chi connectivity index (χ1) is 15.6. The Morgan fingerprint density at radius 3 is 2.81 bits per heavy atom. The Kier molecular flexibility index (Phi) is 6.83. The van der Waals surface area contributed by atoms with Crippen molar-refractivity contribution in [2.24, 2.45) is 0 Å². The Morgan fingerprint density at radius 1 is 1.28 bits per heavy atom. The summed E-state index contributed by atoms with van der Waals surface area (Å²) in [7, 11) is 1.57. The molecule has 0 unspecified atom stereocenters. The number of nitrogens with zero attached hydrogens (tertiary/aromatic N) is 4. The number of anilines is 1. The third kappa shape index (κ3) is 4.52. The number of aromatic nitrogens is 2. The van der Waals surface area contributed by atoms with Crippen molar-refractivity contribution in [1.82, 2.24) is 14.9 Å². The topological polar surface area (TPSA) is 100 Å². The lowest BCUT2D eigenvalue weighted by Crippen LogP contribution is -2.36. The second kappa shape index (κ2) is 9.94. The molecule has 1 amide bonds. The molecule has 1 saturated heterocycles. The summed E-state index contributed by atoms with van der Waals surface area (Å²) < 4.78 is 7.06. The second-order valence-corrected chi connectivity index (χ2v) is 8.75. The molecule has 9 heteroatoms. The maximum Gasteiger partial charge on any atom is 0.273 e. The Hall–Kier alpha value is -3.22. The van der Waals surface area contributed by atoms with E-state index in [1.54, 1.807) is 23.8 Å². The molecule has 1 N–H and O–H groups in total. The van der Waals surface area contributed by atoms with Crippen LogP contribution in [0.15, 0.2) is 35.1 Å². The minimum Gasteiger partial charge on any atom is -0.383 e. The number of carbonyl (C=O) groups excluding carboxylic acids is 1. The normalized spacial score (nSPS) is 13.8. The molecule has 3 heterocycles. The van der Waals surface area contributed by atoms with Crippen LogP contribution in [0, 0.1) is 11.3 Å². The zero-order valence-electron chi connectivity index (χ0n) is 18.0. The van der Waals surface area contributed by atoms with Crippen LogP contribution in [0.4, 0.5) is 5.95 Å². The van der Waals surface area contributed by atoms with Crippen molar-refractivity contribution in [3.8, 4) is 6.07 Å². The number of amides is 1. The van der Waals surface area contributed by atoms with Gasteiger partial charge in [-0.1, -0.05) is 18.2 Å². The first-order valence-electron chi connectivity index (χ1n) is 10.7. The molecule has 1 aliphatic rings. The maximum absolute atomic E-state index is 13.6. The van der Waals surface area contributed by atoms with Crippen molar-refractivity contribution in [1.29, 1.82) is 5.26 Å². The number of benzene rings is 1. The number of nitrogens with one attached hydrogen (secondary N) is 1. The molecule has 0 aliphatic carbocycles. The van der Waals surface area contributed by atoms with Gasteiger partial charge in [0.1, 0.15) is 4.70 Å². The van der Waals surface area contributed by atoms with Gasteiger partial charge in [-0.2, -0.15) is 5.26 Å². The molecule has 1 aliphatic heterocycles. The van der Waals surface area contributed by atoms with Gasteiger partial charge in [-0.05, 0) is 37.0 Å². The largest absolute Gasteiger partial charge is 0.383 e. The van der Waals surface area contributed by atoms with E-state index in [1.165, 1.54) is 0 Å². The second-order valence-electron chi connectivity index (χ2n) is 7.69. The van der Waals surface area contributed by atoms with Crippen LogP contribution in [-0.2, 0) is 11.3 Å². The van der Waals surface area contributed by atoms with E-state index in [0.717, 1.165) is 49.3 Å². The van der Waals surface area contributed by atoms with E-state index in [-0.39, 0.29) is 18.0 Å². The molecular formula is C23H25N5O3S. The minimum absolute atomic E-state index is 0.191. The number of ether oxygens (including phenoxy) is 1. The number of rotatable bonds is 7. The number of fused-ring (bicyclic) bond motifs is 1. The third-order valence-electron chi connectivity index (χ3n) is 5.53. The molecule has 2 aromatic heterocycles. The third-order valence-corrected chi connectivity index (χ3v) is 6.65. The number of thiophene rings is 1. The van der Waals surface area contributed by atoms with E-state index in [2.05, 4.69) is 16.3 Å². The monoisotopic (exact) mass is 451 g/mol. The summed E-state index contributed by atoms with van der Waals surface area (Å²) in [6.07, 6.45) is 3.24. The summed E-state index contributed by atoms with van der Waals surface area (Å²) >= 11 is 1.15. The number of hydrogen-bond acceptors (Lipinski definition) is 7. The molecule has 0 saturated carbocycles. The quantitative estimate of drug-likeness (QED) is 0.555. The number of methoxy groups -OCH3 is 1. The number of nitriles is 1. The fourth-order valence-corrected chi connectivity index (χ4v) is 4.84. The van der Waals surface area contributed by atoms with Gasteiger partial charge in [0.25, 0.3) is 11.5 Å². The van der Waals surface area contributed by atoms with Crippen molar-refractivity contribution < 1.29 is 9.53 Å². The molecule has 3 aromatic rings. The molecule has 0 spiro atoms. The van der Waals surface area contributed by atoms with Crippen LogP contribution in [0.5, 0.6) is 0 Å².